The first-order valence-electron chi connectivity index (χ1n) is 6.21. The number of nitrogens with one attached hydrogen (secondary N) is 1. The molecule has 1 aromatic rings. The van der Waals surface area contributed by atoms with Crippen LogP contribution < -0.4 is 5.32 Å². The van der Waals surface area contributed by atoms with Gasteiger partial charge in [-0.15, -0.1) is 0 Å². The van der Waals surface area contributed by atoms with Crippen molar-refractivity contribution in [3.63, 3.8) is 0 Å². The lowest BCUT2D eigenvalue weighted by Crippen LogP contribution is -2.24. The molecule has 0 radical (unpaired) electrons. The van der Waals surface area contributed by atoms with Gasteiger partial charge in [0.2, 0.25) is 0 Å². The molecule has 1 N–H and O–H groups in total. The summed E-state index contributed by atoms with van der Waals surface area (Å²) in [6.07, 6.45) is -4.55. The third kappa shape index (κ3) is 5.58. The number of carbonyl (C=O) groups excluding carboxylic acids is 1. The van der Waals surface area contributed by atoms with Gasteiger partial charge in [0.1, 0.15) is 17.8 Å². The van der Waals surface area contributed by atoms with E-state index in [9.17, 15) is 28.1 Å². The van der Waals surface area contributed by atoms with E-state index < -0.39 is 40.6 Å². The summed E-state index contributed by atoms with van der Waals surface area (Å²) >= 11 is 0. The normalized spacial score (nSPS) is 11.9. The fourth-order valence-electron chi connectivity index (χ4n) is 1.50. The van der Waals surface area contributed by atoms with Crippen LogP contribution >= 0.6 is 0 Å². The van der Waals surface area contributed by atoms with E-state index in [-0.39, 0.29) is 5.56 Å². The summed E-state index contributed by atoms with van der Waals surface area (Å²) in [5.74, 6) is -0.780. The maximum Gasteiger partial charge on any atom is 0.405 e. The summed E-state index contributed by atoms with van der Waals surface area (Å²) in [6, 6.07) is 3.06. The Morgan fingerprint density at radius 3 is 2.36 bits per heavy atom. The molecule has 1 rings (SSSR count). The Labute approximate surface area is 124 Å². The number of ether oxygens (including phenoxy) is 1. The van der Waals surface area contributed by atoms with Crippen molar-refractivity contribution in [2.75, 3.05) is 11.9 Å². The number of benzene rings is 1. The minimum Gasteiger partial charge on any atom is -0.456 e. The highest BCUT2D eigenvalue weighted by Crippen LogP contribution is 2.28. The van der Waals surface area contributed by atoms with Gasteiger partial charge < -0.3 is 10.1 Å². The molecule has 0 aromatic heterocycles. The summed E-state index contributed by atoms with van der Waals surface area (Å²) in [5.41, 5.74) is -1.83. The molecule has 0 saturated heterocycles. The Morgan fingerprint density at radius 2 is 1.91 bits per heavy atom. The summed E-state index contributed by atoms with van der Waals surface area (Å²) in [6.45, 7) is 3.42. The number of esters is 1. The Bertz CT molecular complexity index is 580. The third-order valence-electron chi connectivity index (χ3n) is 2.31. The highest BCUT2D eigenvalue weighted by molar-refractivity contribution is 5.91. The molecular formula is C13H15F3N2O4. The average molecular weight is 320 g/mol. The minimum absolute atomic E-state index is 0.0785. The Balaban J connectivity index is 3.08. The monoisotopic (exact) mass is 320 g/mol. The van der Waals surface area contributed by atoms with Gasteiger partial charge in [-0.2, -0.15) is 13.2 Å². The van der Waals surface area contributed by atoms with Gasteiger partial charge in [0.15, 0.2) is 0 Å². The van der Waals surface area contributed by atoms with Crippen molar-refractivity contribution in [2.24, 2.45) is 0 Å². The molecule has 0 aliphatic rings. The van der Waals surface area contributed by atoms with E-state index >= 15 is 0 Å². The quantitative estimate of drug-likeness (QED) is 0.521. The van der Waals surface area contributed by atoms with Crippen LogP contribution in [0.3, 0.4) is 0 Å². The van der Waals surface area contributed by atoms with Crippen LogP contribution in [0.5, 0.6) is 0 Å². The van der Waals surface area contributed by atoms with E-state index in [2.05, 4.69) is 0 Å². The maximum atomic E-state index is 12.2. The number of anilines is 1. The second-order valence-corrected chi connectivity index (χ2v) is 5.46. The van der Waals surface area contributed by atoms with Crippen LogP contribution in [0.2, 0.25) is 0 Å². The molecule has 22 heavy (non-hydrogen) atoms. The number of carbonyl (C=O) groups is 1. The van der Waals surface area contributed by atoms with Gasteiger partial charge in [-0.3, -0.25) is 10.1 Å². The highest BCUT2D eigenvalue weighted by atomic mass is 19.4. The zero-order chi connectivity index (χ0) is 17.1. The van der Waals surface area contributed by atoms with Gasteiger partial charge in [-0.05, 0) is 32.9 Å². The van der Waals surface area contributed by atoms with Crippen LogP contribution in [0.1, 0.15) is 31.1 Å². The summed E-state index contributed by atoms with van der Waals surface area (Å²) in [4.78, 5) is 21.8. The molecule has 0 saturated carbocycles. The molecule has 0 aliphatic carbocycles. The zero-order valence-electron chi connectivity index (χ0n) is 12.2. The van der Waals surface area contributed by atoms with E-state index in [4.69, 9.17) is 4.74 Å². The molecule has 0 amide bonds. The number of hydrogen-bond acceptors (Lipinski definition) is 5. The number of hydrogen-bond donors (Lipinski definition) is 1. The van der Waals surface area contributed by atoms with Crippen molar-refractivity contribution < 1.29 is 27.6 Å². The molecular weight excluding hydrogens is 305 g/mol. The molecule has 1 aromatic carbocycles. The second-order valence-electron chi connectivity index (χ2n) is 5.46. The largest absolute Gasteiger partial charge is 0.456 e. The Morgan fingerprint density at radius 1 is 1.32 bits per heavy atom. The van der Waals surface area contributed by atoms with Crippen molar-refractivity contribution >= 4 is 17.3 Å². The van der Waals surface area contributed by atoms with E-state index in [1.165, 1.54) is 0 Å². The van der Waals surface area contributed by atoms with Crippen LogP contribution in [0.15, 0.2) is 18.2 Å². The van der Waals surface area contributed by atoms with E-state index in [0.29, 0.717) is 0 Å². The Hall–Kier alpha value is -2.32. The van der Waals surface area contributed by atoms with Gasteiger partial charge in [-0.1, -0.05) is 0 Å². The van der Waals surface area contributed by atoms with Crippen LogP contribution in [0.25, 0.3) is 0 Å². The number of rotatable bonds is 4. The number of alkyl halides is 3. The summed E-state index contributed by atoms with van der Waals surface area (Å²) in [7, 11) is 0. The van der Waals surface area contributed by atoms with Crippen LogP contribution in [0.4, 0.5) is 24.5 Å². The SMILES string of the molecule is CC(C)(C)OC(=O)c1ccc([N+](=O)[O-])c(NCC(F)(F)F)c1. The number of nitrogens with zero attached hydrogens (tertiary/aromatic N) is 1. The summed E-state index contributed by atoms with van der Waals surface area (Å²) < 4.78 is 41.8. The fourth-order valence-corrected chi connectivity index (χ4v) is 1.50. The van der Waals surface area contributed by atoms with E-state index in [0.717, 1.165) is 18.2 Å². The first-order chi connectivity index (χ1) is 9.89. The predicted molar refractivity (Wildman–Crippen MR) is 72.8 cm³/mol. The van der Waals surface area contributed by atoms with Crippen molar-refractivity contribution in [2.45, 2.75) is 32.5 Å². The van der Waals surface area contributed by atoms with Crippen molar-refractivity contribution in [3.05, 3.63) is 33.9 Å². The van der Waals surface area contributed by atoms with Crippen molar-refractivity contribution in [1.82, 2.24) is 0 Å². The van der Waals surface area contributed by atoms with E-state index in [1.807, 2.05) is 5.32 Å². The van der Waals surface area contributed by atoms with E-state index in [1.54, 1.807) is 20.8 Å². The Kier molecular flexibility index (Phi) is 5.00. The average Bonchev–Trinajstić information content (AvgIpc) is 2.32. The fraction of sp³-hybridized carbons (Fsp3) is 0.462. The lowest BCUT2D eigenvalue weighted by molar-refractivity contribution is -0.384. The molecule has 0 bridgehead atoms. The van der Waals surface area contributed by atoms with Crippen LogP contribution in [-0.2, 0) is 4.74 Å². The zero-order valence-corrected chi connectivity index (χ0v) is 12.2. The van der Waals surface area contributed by atoms with Gasteiger partial charge >= 0.3 is 12.1 Å². The first-order valence-corrected chi connectivity index (χ1v) is 6.21. The molecule has 122 valence electrons. The number of halogens is 3. The molecule has 0 atom stereocenters. The first kappa shape index (κ1) is 17.7. The highest BCUT2D eigenvalue weighted by Gasteiger charge is 2.29. The third-order valence-corrected chi connectivity index (χ3v) is 2.31. The van der Waals surface area contributed by atoms with Gasteiger partial charge in [0, 0.05) is 6.07 Å². The molecule has 0 aliphatic heterocycles. The topological polar surface area (TPSA) is 81.5 Å². The predicted octanol–water partition coefficient (Wildman–Crippen LogP) is 3.52. The molecule has 0 fully saturated rings. The van der Waals surface area contributed by atoms with Crippen LogP contribution in [-0.4, -0.2) is 29.2 Å². The molecule has 9 heteroatoms. The van der Waals surface area contributed by atoms with Gasteiger partial charge in [0.05, 0.1) is 10.5 Å². The number of nitro groups is 1. The van der Waals surface area contributed by atoms with Gasteiger partial charge in [0.25, 0.3) is 5.69 Å². The lowest BCUT2D eigenvalue weighted by Gasteiger charge is -2.19. The minimum atomic E-state index is -4.55. The van der Waals surface area contributed by atoms with Crippen molar-refractivity contribution in [3.8, 4) is 0 Å². The van der Waals surface area contributed by atoms with Gasteiger partial charge in [-0.25, -0.2) is 4.79 Å². The smallest absolute Gasteiger partial charge is 0.405 e. The second kappa shape index (κ2) is 6.20. The standard InChI is InChI=1S/C13H15F3N2O4/c1-12(2,3)22-11(19)8-4-5-10(18(20)21)9(6-8)17-7-13(14,15)16/h4-6,17H,7H2,1-3H3. The number of nitro benzene ring substituents is 1. The summed E-state index contributed by atoms with van der Waals surface area (Å²) in [5, 5.41) is 12.7. The van der Waals surface area contributed by atoms with Crippen LogP contribution in [0, 0.1) is 10.1 Å². The molecule has 0 unspecified atom stereocenters. The maximum absolute atomic E-state index is 12.2. The molecule has 0 heterocycles. The molecule has 0 spiro atoms. The lowest BCUT2D eigenvalue weighted by atomic mass is 10.1. The van der Waals surface area contributed by atoms with Crippen molar-refractivity contribution in [1.29, 1.82) is 0 Å². The molecule has 6 nitrogen and oxygen atoms in total.